The number of halogens is 3. The van der Waals surface area contributed by atoms with E-state index in [1.165, 1.54) is 23.3 Å². The first kappa shape index (κ1) is 24.8. The average molecular weight is 520 g/mol. The Morgan fingerprint density at radius 3 is 2.63 bits per heavy atom. The summed E-state index contributed by atoms with van der Waals surface area (Å²) in [4.78, 5) is 29.2. The van der Waals surface area contributed by atoms with Crippen molar-refractivity contribution in [2.45, 2.75) is 19.1 Å². The third-order valence-electron chi connectivity index (χ3n) is 5.44. The van der Waals surface area contributed by atoms with Gasteiger partial charge in [0.2, 0.25) is 0 Å². The highest BCUT2D eigenvalue weighted by Gasteiger charge is 2.34. The van der Waals surface area contributed by atoms with E-state index in [1.807, 2.05) is 24.3 Å². The van der Waals surface area contributed by atoms with Gasteiger partial charge in [0, 0.05) is 22.7 Å². The quantitative estimate of drug-likeness (QED) is 0.394. The minimum atomic E-state index is -1.14. The van der Waals surface area contributed by atoms with E-state index >= 15 is 0 Å². The summed E-state index contributed by atoms with van der Waals surface area (Å²) in [5.74, 6) is -1.47. The smallest absolute Gasteiger partial charge is 0.482 e. The first-order chi connectivity index (χ1) is 16.8. The first-order valence-electron chi connectivity index (χ1n) is 10.6. The topological polar surface area (TPSA) is 85.3 Å². The van der Waals surface area contributed by atoms with Crippen molar-refractivity contribution in [1.82, 2.24) is 5.06 Å². The molecule has 4 rings (SSSR count). The van der Waals surface area contributed by atoms with Gasteiger partial charge in [-0.2, -0.15) is 0 Å². The summed E-state index contributed by atoms with van der Waals surface area (Å²) >= 11 is 12.3. The zero-order valence-corrected chi connectivity index (χ0v) is 19.8. The van der Waals surface area contributed by atoms with Gasteiger partial charge in [-0.25, -0.2) is 14.0 Å². The molecule has 3 aromatic carbocycles. The molecule has 35 heavy (non-hydrogen) atoms. The number of fused-ring (bicyclic) bond motifs is 1. The van der Waals surface area contributed by atoms with Gasteiger partial charge in [0.15, 0.2) is 6.61 Å². The van der Waals surface area contributed by atoms with Gasteiger partial charge in [-0.15, -0.1) is 5.06 Å². The molecule has 0 aromatic heterocycles. The number of benzene rings is 3. The number of rotatable bonds is 7. The van der Waals surface area contributed by atoms with Crippen LogP contribution in [0.25, 0.3) is 0 Å². The molecule has 1 aliphatic rings. The number of carbonyl (C=O) groups is 2. The highest BCUT2D eigenvalue weighted by molar-refractivity contribution is 6.31. The van der Waals surface area contributed by atoms with Crippen molar-refractivity contribution in [2.24, 2.45) is 0 Å². The maximum Gasteiger partial charge on any atom is 0.528 e. The first-order valence-corrected chi connectivity index (χ1v) is 11.3. The zero-order valence-electron chi connectivity index (χ0n) is 18.2. The highest BCUT2D eigenvalue weighted by Crippen LogP contribution is 2.40. The number of carboxylic acids is 1. The third-order valence-corrected chi connectivity index (χ3v) is 6.03. The molecule has 0 aliphatic carbocycles. The van der Waals surface area contributed by atoms with Crippen LogP contribution in [0.1, 0.15) is 28.3 Å². The molecule has 1 unspecified atom stereocenters. The summed E-state index contributed by atoms with van der Waals surface area (Å²) in [6.07, 6.45) is -0.478. The lowest BCUT2D eigenvalue weighted by Gasteiger charge is -2.36. The fourth-order valence-corrected chi connectivity index (χ4v) is 4.29. The number of aliphatic carboxylic acids is 1. The van der Waals surface area contributed by atoms with Crippen LogP contribution < -0.4 is 4.74 Å². The second-order valence-corrected chi connectivity index (χ2v) is 8.53. The maximum absolute atomic E-state index is 14.0. The van der Waals surface area contributed by atoms with Gasteiger partial charge >= 0.3 is 12.1 Å². The lowest BCUT2D eigenvalue weighted by molar-refractivity contribution is -0.152. The van der Waals surface area contributed by atoms with Crippen LogP contribution in [-0.2, 0) is 27.4 Å². The fraction of sp³-hybridized carbons (Fsp3) is 0.200. The van der Waals surface area contributed by atoms with E-state index in [0.29, 0.717) is 23.6 Å². The van der Waals surface area contributed by atoms with E-state index in [-0.39, 0.29) is 16.3 Å². The van der Waals surface area contributed by atoms with Crippen molar-refractivity contribution in [3.8, 4) is 5.75 Å². The van der Waals surface area contributed by atoms with Gasteiger partial charge in [-0.1, -0.05) is 53.5 Å². The molecule has 1 aliphatic heterocycles. The van der Waals surface area contributed by atoms with Crippen LogP contribution in [0.4, 0.5) is 9.18 Å². The lowest BCUT2D eigenvalue weighted by atomic mass is 9.89. The monoisotopic (exact) mass is 519 g/mol. The van der Waals surface area contributed by atoms with Crippen LogP contribution >= 0.6 is 23.2 Å². The van der Waals surface area contributed by atoms with Crippen LogP contribution in [0.15, 0.2) is 60.7 Å². The molecule has 0 saturated carbocycles. The summed E-state index contributed by atoms with van der Waals surface area (Å²) in [6, 6.07) is 15.8. The maximum atomic E-state index is 14.0. The molecule has 0 bridgehead atoms. The highest BCUT2D eigenvalue weighted by atomic mass is 35.5. The molecule has 0 amide bonds. The van der Waals surface area contributed by atoms with Crippen molar-refractivity contribution in [1.29, 1.82) is 0 Å². The Labute approximate surface area is 210 Å². The van der Waals surface area contributed by atoms with Gasteiger partial charge in [-0.3, -0.25) is 0 Å². The Hall–Kier alpha value is -3.33. The second-order valence-electron chi connectivity index (χ2n) is 7.69. The third kappa shape index (κ3) is 5.85. The van der Waals surface area contributed by atoms with Gasteiger partial charge in [0.25, 0.3) is 0 Å². The van der Waals surface area contributed by atoms with Crippen molar-refractivity contribution in [3.05, 3.63) is 98.8 Å². The molecule has 0 radical (unpaired) electrons. The minimum Gasteiger partial charge on any atom is -0.482 e. The zero-order chi connectivity index (χ0) is 24.9. The lowest BCUT2D eigenvalue weighted by Crippen LogP contribution is -2.38. The van der Waals surface area contributed by atoms with Gasteiger partial charge < -0.3 is 19.4 Å². The van der Waals surface area contributed by atoms with E-state index in [1.54, 1.807) is 18.2 Å². The molecule has 1 atom stereocenters. The number of carboxylic acid groups (broad SMARTS) is 1. The number of hydrogen-bond acceptors (Lipinski definition) is 6. The van der Waals surface area contributed by atoms with Crippen molar-refractivity contribution >= 4 is 35.3 Å². The van der Waals surface area contributed by atoms with Crippen LogP contribution in [-0.4, -0.2) is 35.4 Å². The Morgan fingerprint density at radius 2 is 1.86 bits per heavy atom. The van der Waals surface area contributed by atoms with Gasteiger partial charge in [0.1, 0.15) is 18.2 Å². The Balaban J connectivity index is 1.62. The Bertz CT molecular complexity index is 1230. The van der Waals surface area contributed by atoms with E-state index < -0.39 is 37.2 Å². The number of hydroxylamine groups is 2. The normalized spacial score (nSPS) is 15.2. The molecule has 0 fully saturated rings. The van der Waals surface area contributed by atoms with E-state index in [9.17, 15) is 14.0 Å². The summed E-state index contributed by atoms with van der Waals surface area (Å²) < 4.78 is 24.7. The van der Waals surface area contributed by atoms with Crippen LogP contribution in [0.3, 0.4) is 0 Å². The van der Waals surface area contributed by atoms with Crippen LogP contribution in [0, 0.1) is 5.82 Å². The van der Waals surface area contributed by atoms with E-state index in [2.05, 4.69) is 0 Å². The molecular formula is C25H20Cl2FNO6. The van der Waals surface area contributed by atoms with Crippen molar-refractivity contribution in [3.63, 3.8) is 0 Å². The minimum absolute atomic E-state index is 0.0332. The van der Waals surface area contributed by atoms with Crippen LogP contribution in [0.2, 0.25) is 10.0 Å². The van der Waals surface area contributed by atoms with Gasteiger partial charge in [-0.05, 0) is 47.9 Å². The van der Waals surface area contributed by atoms with Crippen LogP contribution in [0.5, 0.6) is 5.75 Å². The van der Waals surface area contributed by atoms with E-state index in [0.717, 1.165) is 11.1 Å². The summed E-state index contributed by atoms with van der Waals surface area (Å²) in [6.45, 7) is -0.666. The molecular weight excluding hydrogens is 500 g/mol. The summed E-state index contributed by atoms with van der Waals surface area (Å²) in [5.41, 5.74) is 2.39. The molecule has 182 valence electrons. The molecule has 0 saturated heterocycles. The van der Waals surface area contributed by atoms with E-state index in [4.69, 9.17) is 42.6 Å². The average Bonchev–Trinajstić information content (AvgIpc) is 2.82. The number of nitrogens with zero attached hydrogens (tertiary/aromatic N) is 1. The molecule has 0 spiro atoms. The Morgan fingerprint density at radius 1 is 1.06 bits per heavy atom. The molecule has 1 heterocycles. The predicted molar refractivity (Wildman–Crippen MR) is 126 cm³/mol. The summed E-state index contributed by atoms with van der Waals surface area (Å²) in [5, 5.41) is 11.0. The number of hydrogen-bond donors (Lipinski definition) is 1. The largest absolute Gasteiger partial charge is 0.528 e. The standard InChI is InChI=1S/C25H20Cl2FNO6/c26-16-8-9-22(33-14-23(30)31)18(12-16)24-17-5-2-1-4-15(17)10-11-29(24)35-25(32)34-13-19-20(27)6-3-7-21(19)28/h1-9,12,24H,10-11,13-14H2,(H,30,31). The summed E-state index contributed by atoms with van der Waals surface area (Å²) in [7, 11) is 0. The predicted octanol–water partition coefficient (Wildman–Crippen LogP) is 5.81. The molecule has 3 aromatic rings. The van der Waals surface area contributed by atoms with Gasteiger partial charge in [0.05, 0.1) is 11.1 Å². The van der Waals surface area contributed by atoms with Crippen molar-refractivity contribution in [2.75, 3.05) is 13.2 Å². The molecule has 7 nitrogen and oxygen atoms in total. The molecule has 1 N–H and O–H groups in total. The molecule has 10 heteroatoms. The Kier molecular flexibility index (Phi) is 7.75. The van der Waals surface area contributed by atoms with Crippen molar-refractivity contribution < 1.29 is 33.4 Å². The SMILES string of the molecule is O=C(O)COc1ccc(Cl)cc1C1c2ccccc2CCN1OC(=O)OCc1c(F)cccc1Cl. The fourth-order valence-electron chi connectivity index (χ4n) is 3.89. The number of ether oxygens (including phenoxy) is 2. The second kappa shape index (κ2) is 10.9. The number of carbonyl (C=O) groups excluding carboxylic acids is 1.